The SMILES string of the molecule is COc1ccc(C2=CC(C(C)(C)C)=NC(N)S2)cc1. The van der Waals surface area contributed by atoms with Crippen molar-refractivity contribution in [1.82, 2.24) is 0 Å². The van der Waals surface area contributed by atoms with Crippen molar-refractivity contribution in [3.8, 4) is 5.75 Å². The van der Waals surface area contributed by atoms with Gasteiger partial charge in [0.05, 0.1) is 7.11 Å². The molecule has 1 heterocycles. The highest BCUT2D eigenvalue weighted by atomic mass is 32.2. The summed E-state index contributed by atoms with van der Waals surface area (Å²) >= 11 is 1.58. The van der Waals surface area contributed by atoms with Gasteiger partial charge in [-0.25, -0.2) is 0 Å². The molecule has 1 aliphatic heterocycles. The van der Waals surface area contributed by atoms with Crippen molar-refractivity contribution < 1.29 is 4.74 Å². The zero-order valence-corrected chi connectivity index (χ0v) is 12.6. The number of aliphatic imine (C=N–C) groups is 1. The maximum Gasteiger partial charge on any atom is 0.149 e. The van der Waals surface area contributed by atoms with E-state index in [1.165, 1.54) is 0 Å². The van der Waals surface area contributed by atoms with Crippen molar-refractivity contribution in [2.75, 3.05) is 7.11 Å². The first-order valence-electron chi connectivity index (χ1n) is 6.27. The Labute approximate surface area is 118 Å². The fraction of sp³-hybridized carbons (Fsp3) is 0.400. The highest BCUT2D eigenvalue weighted by Crippen LogP contribution is 2.36. The lowest BCUT2D eigenvalue weighted by atomic mass is 9.89. The summed E-state index contributed by atoms with van der Waals surface area (Å²) in [7, 11) is 1.67. The van der Waals surface area contributed by atoms with E-state index in [-0.39, 0.29) is 10.9 Å². The molecular formula is C15H20N2OS. The van der Waals surface area contributed by atoms with E-state index in [2.05, 4.69) is 44.0 Å². The minimum absolute atomic E-state index is 0.0102. The van der Waals surface area contributed by atoms with Crippen LogP contribution in [-0.4, -0.2) is 18.3 Å². The van der Waals surface area contributed by atoms with Crippen LogP contribution in [0.25, 0.3) is 4.91 Å². The van der Waals surface area contributed by atoms with Crippen molar-refractivity contribution in [3.05, 3.63) is 35.9 Å². The molecule has 0 bridgehead atoms. The van der Waals surface area contributed by atoms with Crippen LogP contribution in [0.1, 0.15) is 26.3 Å². The van der Waals surface area contributed by atoms with Crippen molar-refractivity contribution in [2.24, 2.45) is 16.1 Å². The summed E-state index contributed by atoms with van der Waals surface area (Å²) in [4.78, 5) is 5.68. The third-order valence-electron chi connectivity index (χ3n) is 2.92. The topological polar surface area (TPSA) is 47.6 Å². The summed E-state index contributed by atoms with van der Waals surface area (Å²) < 4.78 is 5.18. The van der Waals surface area contributed by atoms with E-state index >= 15 is 0 Å². The van der Waals surface area contributed by atoms with Gasteiger partial charge < -0.3 is 10.5 Å². The molecule has 102 valence electrons. The Hall–Kier alpha value is -1.26. The predicted molar refractivity (Wildman–Crippen MR) is 83.4 cm³/mol. The fourth-order valence-electron chi connectivity index (χ4n) is 1.81. The molecule has 0 spiro atoms. The highest BCUT2D eigenvalue weighted by Gasteiger charge is 2.23. The Morgan fingerprint density at radius 3 is 2.37 bits per heavy atom. The average Bonchev–Trinajstić information content (AvgIpc) is 2.37. The molecule has 0 fully saturated rings. The number of hydrogen-bond acceptors (Lipinski definition) is 4. The maximum atomic E-state index is 6.02. The second-order valence-electron chi connectivity index (χ2n) is 5.51. The standard InChI is InChI=1S/C15H20N2OS/c1-15(2,3)13-9-12(19-14(16)17-13)10-5-7-11(18-4)8-6-10/h5-9,14H,16H2,1-4H3. The van der Waals surface area contributed by atoms with Crippen molar-refractivity contribution in [2.45, 2.75) is 26.3 Å². The molecular weight excluding hydrogens is 256 g/mol. The summed E-state index contributed by atoms with van der Waals surface area (Å²) in [5.74, 6) is 0.860. The van der Waals surface area contributed by atoms with Crippen molar-refractivity contribution in [1.29, 1.82) is 0 Å². The van der Waals surface area contributed by atoms with E-state index < -0.39 is 0 Å². The van der Waals surface area contributed by atoms with Crippen LogP contribution in [0.5, 0.6) is 5.75 Å². The largest absolute Gasteiger partial charge is 0.497 e. The molecule has 1 unspecified atom stereocenters. The molecule has 1 atom stereocenters. The number of allylic oxidation sites excluding steroid dienone is 1. The van der Waals surface area contributed by atoms with Gasteiger partial charge >= 0.3 is 0 Å². The lowest BCUT2D eigenvalue weighted by molar-refractivity contribution is 0.415. The van der Waals surface area contributed by atoms with E-state index in [1.807, 2.05) is 12.1 Å². The van der Waals surface area contributed by atoms with Crippen molar-refractivity contribution >= 4 is 22.4 Å². The number of hydrogen-bond donors (Lipinski definition) is 1. The quantitative estimate of drug-likeness (QED) is 0.899. The molecule has 4 heteroatoms. The molecule has 1 aromatic rings. The van der Waals surface area contributed by atoms with Gasteiger partial charge in [0.25, 0.3) is 0 Å². The molecule has 2 rings (SSSR count). The lowest BCUT2D eigenvalue weighted by Gasteiger charge is -2.25. The number of benzene rings is 1. The highest BCUT2D eigenvalue weighted by molar-refractivity contribution is 8.08. The van der Waals surface area contributed by atoms with Gasteiger partial charge in [-0.1, -0.05) is 44.7 Å². The van der Waals surface area contributed by atoms with Crippen LogP contribution in [0.2, 0.25) is 0 Å². The van der Waals surface area contributed by atoms with E-state index in [0.717, 1.165) is 21.9 Å². The fourth-order valence-corrected chi connectivity index (χ4v) is 2.68. The third-order valence-corrected chi connectivity index (χ3v) is 3.88. The van der Waals surface area contributed by atoms with Crippen LogP contribution in [0.4, 0.5) is 0 Å². The zero-order valence-electron chi connectivity index (χ0n) is 11.8. The number of ether oxygens (including phenoxy) is 1. The Morgan fingerprint density at radius 1 is 1.21 bits per heavy atom. The van der Waals surface area contributed by atoms with Crippen molar-refractivity contribution in [3.63, 3.8) is 0 Å². The Kier molecular flexibility index (Phi) is 4.02. The van der Waals surface area contributed by atoms with E-state index in [0.29, 0.717) is 0 Å². The van der Waals surface area contributed by atoms with Gasteiger partial charge in [-0.2, -0.15) is 0 Å². The number of nitrogens with two attached hydrogens (primary N) is 1. The van der Waals surface area contributed by atoms with Crippen LogP contribution < -0.4 is 10.5 Å². The normalized spacial score (nSPS) is 19.7. The molecule has 0 aromatic heterocycles. The summed E-state index contributed by atoms with van der Waals surface area (Å²) in [6, 6.07) is 8.03. The maximum absolute atomic E-state index is 6.02. The minimum atomic E-state index is -0.226. The van der Waals surface area contributed by atoms with Crippen LogP contribution >= 0.6 is 11.8 Å². The van der Waals surface area contributed by atoms with Gasteiger partial charge in [-0.3, -0.25) is 4.99 Å². The van der Waals surface area contributed by atoms with Gasteiger partial charge in [-0.15, -0.1) is 0 Å². The first-order chi connectivity index (χ1) is 8.90. The van der Waals surface area contributed by atoms with E-state index in [1.54, 1.807) is 18.9 Å². The van der Waals surface area contributed by atoms with Crippen LogP contribution in [0.3, 0.4) is 0 Å². The molecule has 1 aromatic carbocycles. The van der Waals surface area contributed by atoms with Gasteiger partial charge in [0.2, 0.25) is 0 Å². The number of nitrogens with zero attached hydrogens (tertiary/aromatic N) is 1. The lowest BCUT2D eigenvalue weighted by Crippen LogP contribution is -2.26. The number of methoxy groups -OCH3 is 1. The zero-order chi connectivity index (χ0) is 14.0. The Bertz CT molecular complexity index is 512. The van der Waals surface area contributed by atoms with Crippen LogP contribution in [0.15, 0.2) is 35.3 Å². The second-order valence-corrected chi connectivity index (χ2v) is 6.67. The van der Waals surface area contributed by atoms with Gasteiger partial charge in [0, 0.05) is 16.0 Å². The molecule has 0 aliphatic carbocycles. The molecule has 19 heavy (non-hydrogen) atoms. The molecule has 0 amide bonds. The van der Waals surface area contributed by atoms with Gasteiger partial charge in [0.1, 0.15) is 11.2 Å². The molecule has 0 radical (unpaired) electrons. The monoisotopic (exact) mass is 276 g/mol. The number of rotatable bonds is 2. The van der Waals surface area contributed by atoms with Crippen LogP contribution in [-0.2, 0) is 0 Å². The minimum Gasteiger partial charge on any atom is -0.497 e. The molecule has 1 aliphatic rings. The average molecular weight is 276 g/mol. The first kappa shape index (κ1) is 14.2. The van der Waals surface area contributed by atoms with Gasteiger partial charge in [-0.05, 0) is 23.8 Å². The summed E-state index contributed by atoms with van der Waals surface area (Å²) in [6.45, 7) is 6.45. The first-order valence-corrected chi connectivity index (χ1v) is 7.15. The second kappa shape index (κ2) is 5.39. The smallest absolute Gasteiger partial charge is 0.149 e. The van der Waals surface area contributed by atoms with Crippen LogP contribution in [0, 0.1) is 5.41 Å². The summed E-state index contributed by atoms with van der Waals surface area (Å²) in [6.07, 6.45) is 2.13. The van der Waals surface area contributed by atoms with E-state index in [9.17, 15) is 0 Å². The molecule has 0 saturated heterocycles. The molecule has 0 saturated carbocycles. The Morgan fingerprint density at radius 2 is 1.84 bits per heavy atom. The molecule has 2 N–H and O–H groups in total. The summed E-state index contributed by atoms with van der Waals surface area (Å²) in [5.41, 5.74) is 8.00. The van der Waals surface area contributed by atoms with Gasteiger partial charge in [0.15, 0.2) is 0 Å². The number of thioether (sulfide) groups is 1. The summed E-state index contributed by atoms with van der Waals surface area (Å²) in [5, 5.41) is 0. The Balaban J connectivity index is 2.33. The molecule has 3 nitrogen and oxygen atoms in total. The van der Waals surface area contributed by atoms with E-state index in [4.69, 9.17) is 10.5 Å². The third kappa shape index (κ3) is 3.39. The predicted octanol–water partition coefficient (Wildman–Crippen LogP) is 3.51.